The molecule has 2 aromatic carbocycles. The zero-order chi connectivity index (χ0) is 21.6. The number of fused-ring (bicyclic) bond motifs is 1. The summed E-state index contributed by atoms with van der Waals surface area (Å²) in [6.45, 7) is 2.42. The largest absolute Gasteiger partial charge is 0.497 e. The average molecular weight is 436 g/mol. The van der Waals surface area contributed by atoms with Gasteiger partial charge in [-0.15, -0.1) is 10.2 Å². The van der Waals surface area contributed by atoms with Gasteiger partial charge in [-0.1, -0.05) is 36.0 Å². The van der Waals surface area contributed by atoms with E-state index in [0.29, 0.717) is 28.8 Å². The maximum atomic E-state index is 12.5. The van der Waals surface area contributed by atoms with Crippen molar-refractivity contribution < 1.29 is 14.3 Å². The molecule has 9 heteroatoms. The minimum Gasteiger partial charge on any atom is -0.497 e. The Balaban J connectivity index is 1.49. The van der Waals surface area contributed by atoms with Crippen molar-refractivity contribution in [1.29, 1.82) is 0 Å². The van der Waals surface area contributed by atoms with Gasteiger partial charge in [0.2, 0.25) is 11.1 Å². The number of amides is 1. The van der Waals surface area contributed by atoms with Gasteiger partial charge in [-0.05, 0) is 43.3 Å². The molecule has 0 bridgehead atoms. The first-order valence-corrected chi connectivity index (χ1v) is 10.7. The van der Waals surface area contributed by atoms with Gasteiger partial charge in [-0.2, -0.15) is 9.61 Å². The van der Waals surface area contributed by atoms with Crippen molar-refractivity contribution in [2.24, 2.45) is 0 Å². The normalized spacial score (nSPS) is 10.8. The van der Waals surface area contributed by atoms with E-state index >= 15 is 0 Å². The van der Waals surface area contributed by atoms with Gasteiger partial charge in [-0.25, -0.2) is 0 Å². The summed E-state index contributed by atoms with van der Waals surface area (Å²) in [5, 5.41) is 16.4. The fraction of sp³-hybridized carbons (Fsp3) is 0.182. The molecule has 0 saturated heterocycles. The molecule has 0 aliphatic rings. The second-order valence-electron chi connectivity index (χ2n) is 6.47. The summed E-state index contributed by atoms with van der Waals surface area (Å²) in [5.74, 6) is 1.38. The highest BCUT2D eigenvalue weighted by molar-refractivity contribution is 7.99. The van der Waals surface area contributed by atoms with Crippen LogP contribution in [0, 0.1) is 0 Å². The second-order valence-corrected chi connectivity index (χ2v) is 7.41. The molecule has 4 rings (SSSR count). The van der Waals surface area contributed by atoms with Crippen molar-refractivity contribution in [2.75, 3.05) is 24.8 Å². The number of para-hydroxylation sites is 2. The Morgan fingerprint density at radius 2 is 1.97 bits per heavy atom. The van der Waals surface area contributed by atoms with Crippen LogP contribution in [-0.4, -0.2) is 45.2 Å². The highest BCUT2D eigenvalue weighted by Gasteiger charge is 2.13. The van der Waals surface area contributed by atoms with E-state index in [1.54, 1.807) is 11.6 Å². The minimum absolute atomic E-state index is 0.159. The lowest BCUT2D eigenvalue weighted by molar-refractivity contribution is -0.113. The lowest BCUT2D eigenvalue weighted by Crippen LogP contribution is -2.15. The van der Waals surface area contributed by atoms with Crippen LogP contribution < -0.4 is 14.8 Å². The van der Waals surface area contributed by atoms with Crippen LogP contribution in [-0.2, 0) is 4.79 Å². The number of ether oxygens (including phenoxy) is 2. The number of nitrogens with one attached hydrogen (secondary N) is 1. The quantitative estimate of drug-likeness (QED) is 0.419. The van der Waals surface area contributed by atoms with Crippen LogP contribution in [0.15, 0.2) is 65.8 Å². The van der Waals surface area contributed by atoms with E-state index < -0.39 is 0 Å². The molecular weight excluding hydrogens is 414 g/mol. The average Bonchev–Trinajstić information content (AvgIpc) is 3.21. The Morgan fingerprint density at radius 3 is 2.81 bits per heavy atom. The molecule has 0 unspecified atom stereocenters. The number of anilines is 1. The molecule has 0 aliphatic carbocycles. The predicted octanol–water partition coefficient (Wildman–Crippen LogP) is 3.93. The van der Waals surface area contributed by atoms with Gasteiger partial charge in [-0.3, -0.25) is 4.79 Å². The van der Waals surface area contributed by atoms with Crippen LogP contribution >= 0.6 is 11.8 Å². The Hall–Kier alpha value is -3.59. The number of rotatable bonds is 8. The van der Waals surface area contributed by atoms with E-state index in [2.05, 4.69) is 20.6 Å². The fourth-order valence-corrected chi connectivity index (χ4v) is 3.65. The number of hydrogen-bond donors (Lipinski definition) is 1. The number of thioether (sulfide) groups is 1. The van der Waals surface area contributed by atoms with Crippen LogP contribution in [0.2, 0.25) is 0 Å². The number of carbonyl (C=O) groups is 1. The summed E-state index contributed by atoms with van der Waals surface area (Å²) in [6, 6.07) is 18.7. The molecule has 0 atom stereocenters. The molecule has 0 fully saturated rings. The van der Waals surface area contributed by atoms with Crippen molar-refractivity contribution in [3.05, 3.63) is 60.7 Å². The van der Waals surface area contributed by atoms with E-state index in [1.165, 1.54) is 11.8 Å². The van der Waals surface area contributed by atoms with E-state index in [9.17, 15) is 4.79 Å². The van der Waals surface area contributed by atoms with Crippen LogP contribution in [0.1, 0.15) is 6.92 Å². The Bertz CT molecular complexity index is 1210. The zero-order valence-electron chi connectivity index (χ0n) is 17.1. The van der Waals surface area contributed by atoms with Gasteiger partial charge in [0.05, 0.1) is 30.9 Å². The summed E-state index contributed by atoms with van der Waals surface area (Å²) in [4.78, 5) is 12.5. The van der Waals surface area contributed by atoms with Crippen LogP contribution in [0.25, 0.3) is 16.9 Å². The molecule has 0 aliphatic heterocycles. The van der Waals surface area contributed by atoms with Crippen molar-refractivity contribution in [3.8, 4) is 22.8 Å². The van der Waals surface area contributed by atoms with Crippen molar-refractivity contribution >= 4 is 29.0 Å². The van der Waals surface area contributed by atoms with Gasteiger partial charge in [0.1, 0.15) is 11.5 Å². The van der Waals surface area contributed by atoms with Crippen molar-refractivity contribution in [1.82, 2.24) is 19.8 Å². The van der Waals surface area contributed by atoms with Gasteiger partial charge < -0.3 is 14.8 Å². The zero-order valence-corrected chi connectivity index (χ0v) is 17.9. The molecule has 0 saturated carbocycles. The third-order valence-electron chi connectivity index (χ3n) is 4.39. The third kappa shape index (κ3) is 4.77. The monoisotopic (exact) mass is 435 g/mol. The SMILES string of the molecule is CCOc1ccccc1NC(=O)CSc1nnc2ccc(-c3cccc(OC)c3)nn12. The van der Waals surface area contributed by atoms with Crippen LogP contribution in [0.4, 0.5) is 5.69 Å². The molecule has 0 radical (unpaired) electrons. The first-order chi connectivity index (χ1) is 15.2. The fourth-order valence-electron chi connectivity index (χ4n) is 2.96. The number of benzene rings is 2. The maximum Gasteiger partial charge on any atom is 0.234 e. The molecule has 1 N–H and O–H groups in total. The van der Waals surface area contributed by atoms with Gasteiger partial charge in [0.25, 0.3) is 0 Å². The number of carbonyl (C=O) groups excluding carboxylic acids is 1. The first-order valence-electron chi connectivity index (χ1n) is 9.69. The van der Waals surface area contributed by atoms with Crippen molar-refractivity contribution in [3.63, 3.8) is 0 Å². The Labute approximate surface area is 183 Å². The van der Waals surface area contributed by atoms with E-state index in [1.807, 2.05) is 67.6 Å². The smallest absolute Gasteiger partial charge is 0.234 e. The van der Waals surface area contributed by atoms with E-state index in [4.69, 9.17) is 9.47 Å². The van der Waals surface area contributed by atoms with Crippen molar-refractivity contribution in [2.45, 2.75) is 12.1 Å². The number of nitrogens with zero attached hydrogens (tertiary/aromatic N) is 4. The lowest BCUT2D eigenvalue weighted by Gasteiger charge is -2.10. The van der Waals surface area contributed by atoms with E-state index in [0.717, 1.165) is 17.0 Å². The van der Waals surface area contributed by atoms with Gasteiger partial charge in [0.15, 0.2) is 5.65 Å². The molecule has 8 nitrogen and oxygen atoms in total. The molecule has 4 aromatic rings. The Kier molecular flexibility index (Phi) is 6.32. The summed E-state index contributed by atoms with van der Waals surface area (Å²) in [7, 11) is 1.63. The van der Waals surface area contributed by atoms with Crippen LogP contribution in [0.5, 0.6) is 11.5 Å². The molecule has 2 aromatic heterocycles. The lowest BCUT2D eigenvalue weighted by atomic mass is 10.1. The van der Waals surface area contributed by atoms with E-state index in [-0.39, 0.29) is 11.7 Å². The number of aromatic nitrogens is 4. The standard InChI is InChI=1S/C22H21N5O3S/c1-3-30-19-10-5-4-9-18(19)23-21(28)14-31-22-25-24-20-12-11-17(26-27(20)22)15-7-6-8-16(13-15)29-2/h4-13H,3,14H2,1-2H3,(H,23,28). The molecule has 2 heterocycles. The highest BCUT2D eigenvalue weighted by atomic mass is 32.2. The topological polar surface area (TPSA) is 90.6 Å². The van der Waals surface area contributed by atoms with Gasteiger partial charge in [0, 0.05) is 5.56 Å². The highest BCUT2D eigenvalue weighted by Crippen LogP contribution is 2.26. The molecule has 0 spiro atoms. The molecule has 158 valence electrons. The third-order valence-corrected chi connectivity index (χ3v) is 5.31. The molecule has 31 heavy (non-hydrogen) atoms. The molecule has 1 amide bonds. The number of hydrogen-bond acceptors (Lipinski definition) is 7. The summed E-state index contributed by atoms with van der Waals surface area (Å²) in [6.07, 6.45) is 0. The summed E-state index contributed by atoms with van der Waals surface area (Å²) in [5.41, 5.74) is 2.91. The Morgan fingerprint density at radius 1 is 1.10 bits per heavy atom. The number of methoxy groups -OCH3 is 1. The maximum absolute atomic E-state index is 12.5. The predicted molar refractivity (Wildman–Crippen MR) is 120 cm³/mol. The summed E-state index contributed by atoms with van der Waals surface area (Å²) >= 11 is 1.26. The molecular formula is C22H21N5O3S. The van der Waals surface area contributed by atoms with Gasteiger partial charge >= 0.3 is 0 Å². The second kappa shape index (κ2) is 9.48. The first kappa shape index (κ1) is 20.7. The summed E-state index contributed by atoms with van der Waals surface area (Å²) < 4.78 is 12.5. The minimum atomic E-state index is -0.169. The van der Waals surface area contributed by atoms with Crippen LogP contribution in [0.3, 0.4) is 0 Å².